The second kappa shape index (κ2) is 3.89. The molecule has 0 bridgehead atoms. The van der Waals surface area contributed by atoms with Gasteiger partial charge in [0, 0.05) is 15.7 Å². The Bertz CT molecular complexity index is 691. The largest absolute Gasteiger partial charge is 0.398 e. The molecule has 3 aromatic rings. The molecule has 4 heteroatoms. The highest BCUT2D eigenvalue weighted by Crippen LogP contribution is 2.34. The number of anilines is 1. The summed E-state index contributed by atoms with van der Waals surface area (Å²) in [6, 6.07) is 13.5. The summed E-state index contributed by atoms with van der Waals surface area (Å²) >= 11 is 3.45. The molecule has 2 aromatic carbocycles. The SMILES string of the molecule is Nc1ccccc1-c1onc2c(Br)cccc12. The van der Waals surface area contributed by atoms with Gasteiger partial charge in [-0.15, -0.1) is 0 Å². The van der Waals surface area contributed by atoms with Gasteiger partial charge in [-0.1, -0.05) is 23.4 Å². The van der Waals surface area contributed by atoms with E-state index in [4.69, 9.17) is 10.3 Å². The number of nitrogens with zero attached hydrogens (tertiary/aromatic N) is 1. The molecule has 2 N–H and O–H groups in total. The maximum absolute atomic E-state index is 5.94. The summed E-state index contributed by atoms with van der Waals surface area (Å²) in [5, 5.41) is 5.01. The van der Waals surface area contributed by atoms with E-state index in [1.807, 2.05) is 42.5 Å². The van der Waals surface area contributed by atoms with E-state index in [2.05, 4.69) is 21.1 Å². The Morgan fingerprint density at radius 2 is 1.88 bits per heavy atom. The second-order valence-electron chi connectivity index (χ2n) is 3.73. The van der Waals surface area contributed by atoms with Gasteiger partial charge >= 0.3 is 0 Å². The predicted molar refractivity (Wildman–Crippen MR) is 71.6 cm³/mol. The Kier molecular flexibility index (Phi) is 2.37. The molecule has 0 spiro atoms. The Morgan fingerprint density at radius 3 is 2.71 bits per heavy atom. The summed E-state index contributed by atoms with van der Waals surface area (Å²) in [6.45, 7) is 0. The van der Waals surface area contributed by atoms with Crippen LogP contribution in [-0.4, -0.2) is 5.16 Å². The van der Waals surface area contributed by atoms with Crippen molar-refractivity contribution in [3.8, 4) is 11.3 Å². The lowest BCUT2D eigenvalue weighted by atomic mass is 10.1. The molecule has 0 saturated carbocycles. The summed E-state index contributed by atoms with van der Waals surface area (Å²) in [5.41, 5.74) is 8.31. The Balaban J connectivity index is 2.33. The molecule has 0 radical (unpaired) electrons. The molecule has 0 aliphatic heterocycles. The summed E-state index contributed by atoms with van der Waals surface area (Å²) in [7, 11) is 0. The molecule has 0 atom stereocenters. The lowest BCUT2D eigenvalue weighted by Gasteiger charge is -2.00. The van der Waals surface area contributed by atoms with Gasteiger partial charge in [0.05, 0.1) is 5.39 Å². The summed E-state index contributed by atoms with van der Waals surface area (Å²) < 4.78 is 6.32. The number of para-hydroxylation sites is 1. The molecule has 0 saturated heterocycles. The van der Waals surface area contributed by atoms with Gasteiger partial charge in [0.15, 0.2) is 5.76 Å². The van der Waals surface area contributed by atoms with Crippen LogP contribution in [0.4, 0.5) is 5.69 Å². The number of rotatable bonds is 1. The highest BCUT2D eigenvalue weighted by Gasteiger charge is 2.13. The Morgan fingerprint density at radius 1 is 1.06 bits per heavy atom. The Labute approximate surface area is 106 Å². The summed E-state index contributed by atoms with van der Waals surface area (Å²) in [4.78, 5) is 0. The van der Waals surface area contributed by atoms with Gasteiger partial charge < -0.3 is 10.3 Å². The molecule has 0 amide bonds. The van der Waals surface area contributed by atoms with Gasteiger partial charge in [0.25, 0.3) is 0 Å². The normalized spacial score (nSPS) is 10.9. The van der Waals surface area contributed by atoms with E-state index in [1.54, 1.807) is 0 Å². The number of nitrogen functional groups attached to an aromatic ring is 1. The molecule has 0 unspecified atom stereocenters. The minimum absolute atomic E-state index is 0.686. The minimum Gasteiger partial charge on any atom is -0.398 e. The molecule has 3 rings (SSSR count). The van der Waals surface area contributed by atoms with E-state index in [-0.39, 0.29) is 0 Å². The van der Waals surface area contributed by atoms with Crippen molar-refractivity contribution >= 4 is 32.5 Å². The molecule has 0 aliphatic carbocycles. The molecule has 84 valence electrons. The van der Waals surface area contributed by atoms with Crippen LogP contribution in [0.5, 0.6) is 0 Å². The van der Waals surface area contributed by atoms with Crippen molar-refractivity contribution in [2.45, 2.75) is 0 Å². The fourth-order valence-corrected chi connectivity index (χ4v) is 2.27. The second-order valence-corrected chi connectivity index (χ2v) is 4.59. The molecule has 3 nitrogen and oxygen atoms in total. The fraction of sp³-hybridized carbons (Fsp3) is 0. The van der Waals surface area contributed by atoms with Crippen molar-refractivity contribution in [2.24, 2.45) is 0 Å². The van der Waals surface area contributed by atoms with E-state index >= 15 is 0 Å². The van der Waals surface area contributed by atoms with Gasteiger partial charge in [-0.25, -0.2) is 0 Å². The molecule has 1 heterocycles. The van der Waals surface area contributed by atoms with Crippen molar-refractivity contribution in [3.63, 3.8) is 0 Å². The first-order valence-electron chi connectivity index (χ1n) is 5.16. The van der Waals surface area contributed by atoms with Crippen LogP contribution in [-0.2, 0) is 0 Å². The zero-order chi connectivity index (χ0) is 11.8. The monoisotopic (exact) mass is 288 g/mol. The van der Waals surface area contributed by atoms with Crippen molar-refractivity contribution in [1.29, 1.82) is 0 Å². The summed E-state index contributed by atoms with van der Waals surface area (Å²) in [6.07, 6.45) is 0. The first-order chi connectivity index (χ1) is 8.27. The van der Waals surface area contributed by atoms with Gasteiger partial charge in [-0.05, 0) is 40.2 Å². The van der Waals surface area contributed by atoms with Gasteiger partial charge in [0.2, 0.25) is 0 Å². The van der Waals surface area contributed by atoms with Crippen molar-refractivity contribution < 1.29 is 4.52 Å². The summed E-state index contributed by atoms with van der Waals surface area (Å²) in [5.74, 6) is 0.708. The van der Waals surface area contributed by atoms with E-state index in [1.165, 1.54) is 0 Å². The first-order valence-corrected chi connectivity index (χ1v) is 5.95. The van der Waals surface area contributed by atoms with Crippen LogP contribution in [0.3, 0.4) is 0 Å². The number of hydrogen-bond donors (Lipinski definition) is 1. The van der Waals surface area contributed by atoms with Gasteiger partial charge in [0.1, 0.15) is 5.52 Å². The highest BCUT2D eigenvalue weighted by molar-refractivity contribution is 9.10. The minimum atomic E-state index is 0.686. The predicted octanol–water partition coefficient (Wildman–Crippen LogP) is 3.84. The number of nitrogens with two attached hydrogens (primary N) is 1. The van der Waals surface area contributed by atoms with Crippen molar-refractivity contribution in [3.05, 3.63) is 46.9 Å². The Hall–Kier alpha value is -1.81. The third-order valence-electron chi connectivity index (χ3n) is 2.67. The maximum Gasteiger partial charge on any atom is 0.176 e. The van der Waals surface area contributed by atoms with E-state index < -0.39 is 0 Å². The topological polar surface area (TPSA) is 52.0 Å². The highest BCUT2D eigenvalue weighted by atomic mass is 79.9. The molecular formula is C13H9BrN2O. The zero-order valence-electron chi connectivity index (χ0n) is 8.85. The van der Waals surface area contributed by atoms with E-state index in [0.29, 0.717) is 11.4 Å². The quantitative estimate of drug-likeness (QED) is 0.692. The van der Waals surface area contributed by atoms with Crippen LogP contribution in [0.25, 0.3) is 22.2 Å². The van der Waals surface area contributed by atoms with Crippen LogP contribution in [0.1, 0.15) is 0 Å². The zero-order valence-corrected chi connectivity index (χ0v) is 10.4. The molecule has 17 heavy (non-hydrogen) atoms. The number of hydrogen-bond acceptors (Lipinski definition) is 3. The smallest absolute Gasteiger partial charge is 0.176 e. The van der Waals surface area contributed by atoms with Crippen LogP contribution in [0.15, 0.2) is 51.5 Å². The van der Waals surface area contributed by atoms with Crippen LogP contribution in [0, 0.1) is 0 Å². The number of benzene rings is 2. The van der Waals surface area contributed by atoms with Crippen molar-refractivity contribution in [1.82, 2.24) is 5.16 Å². The van der Waals surface area contributed by atoms with E-state index in [0.717, 1.165) is 20.9 Å². The number of halogens is 1. The fourth-order valence-electron chi connectivity index (χ4n) is 1.83. The van der Waals surface area contributed by atoms with Crippen LogP contribution in [0.2, 0.25) is 0 Å². The van der Waals surface area contributed by atoms with Gasteiger partial charge in [-0.2, -0.15) is 0 Å². The number of aromatic nitrogens is 1. The molecular weight excluding hydrogens is 280 g/mol. The van der Waals surface area contributed by atoms with Crippen molar-refractivity contribution in [2.75, 3.05) is 5.73 Å². The maximum atomic E-state index is 5.94. The molecule has 0 aliphatic rings. The average Bonchev–Trinajstić information content (AvgIpc) is 2.75. The average molecular weight is 289 g/mol. The third-order valence-corrected chi connectivity index (χ3v) is 3.30. The first kappa shape index (κ1) is 10.4. The third kappa shape index (κ3) is 1.61. The standard InChI is InChI=1S/C13H9BrN2O/c14-10-6-3-5-9-12(10)16-17-13(9)8-4-1-2-7-11(8)15/h1-7H,15H2. The lowest BCUT2D eigenvalue weighted by Crippen LogP contribution is -1.88. The molecule has 1 aromatic heterocycles. The molecule has 0 fully saturated rings. The van der Waals surface area contributed by atoms with E-state index in [9.17, 15) is 0 Å². The number of fused-ring (bicyclic) bond motifs is 1. The van der Waals surface area contributed by atoms with Gasteiger partial charge in [-0.3, -0.25) is 0 Å². The van der Waals surface area contributed by atoms with Crippen LogP contribution >= 0.6 is 15.9 Å². The van der Waals surface area contributed by atoms with Crippen LogP contribution < -0.4 is 5.73 Å². The lowest BCUT2D eigenvalue weighted by molar-refractivity contribution is 0.441.